The van der Waals surface area contributed by atoms with Crippen molar-refractivity contribution < 1.29 is 4.79 Å². The lowest BCUT2D eigenvalue weighted by Gasteiger charge is -2.30. The van der Waals surface area contributed by atoms with Gasteiger partial charge < -0.3 is 10.6 Å². The van der Waals surface area contributed by atoms with E-state index in [1.54, 1.807) is 12.1 Å². The number of rotatable bonds is 4. The summed E-state index contributed by atoms with van der Waals surface area (Å²) in [6, 6.07) is 17.1. The summed E-state index contributed by atoms with van der Waals surface area (Å²) >= 11 is 5.98. The quantitative estimate of drug-likeness (QED) is 0.589. The summed E-state index contributed by atoms with van der Waals surface area (Å²) in [6.07, 6.45) is 1.19. The molecule has 0 saturated carbocycles. The van der Waals surface area contributed by atoms with Crippen LogP contribution in [0.25, 0.3) is 0 Å². The lowest BCUT2D eigenvalue weighted by atomic mass is 9.75. The maximum absolute atomic E-state index is 12.9. The molecule has 2 N–H and O–H groups in total. The lowest BCUT2D eigenvalue weighted by molar-refractivity contribution is 0.0911. The topological polar surface area (TPSA) is 66.9 Å². The number of nitrogens with zero attached hydrogens (tertiary/aromatic N) is 2. The molecule has 5 nitrogen and oxygen atoms in total. The molecule has 3 aromatic rings. The Morgan fingerprint density at radius 1 is 0.893 bits per heavy atom. The van der Waals surface area contributed by atoms with Gasteiger partial charge in [-0.05, 0) is 48.2 Å². The number of Topliss-reactive ketones (excluding diaryl/α,β-unsaturated/α-hetero) is 1. The SMILES string of the molecule is CC1(C)CC(=O)c2c(nc(Nc3ccccc3)nc2Nc2ccc(Cl)cc2)C1. The molecule has 28 heavy (non-hydrogen) atoms. The fourth-order valence-electron chi connectivity index (χ4n) is 3.43. The number of halogens is 1. The van der Waals surface area contributed by atoms with E-state index in [0.717, 1.165) is 23.5 Å². The van der Waals surface area contributed by atoms with Crippen molar-refractivity contribution in [2.24, 2.45) is 5.41 Å². The number of carbonyl (C=O) groups excluding carboxylic acids is 1. The fraction of sp³-hybridized carbons (Fsp3) is 0.227. The van der Waals surface area contributed by atoms with Gasteiger partial charge in [-0.15, -0.1) is 0 Å². The van der Waals surface area contributed by atoms with Gasteiger partial charge in [-0.2, -0.15) is 4.98 Å². The molecule has 0 amide bonds. The average molecular weight is 393 g/mol. The fourth-order valence-corrected chi connectivity index (χ4v) is 3.56. The van der Waals surface area contributed by atoms with Gasteiger partial charge in [-0.3, -0.25) is 4.79 Å². The Bertz CT molecular complexity index is 1020. The molecule has 0 bridgehead atoms. The van der Waals surface area contributed by atoms with Crippen molar-refractivity contribution in [1.29, 1.82) is 0 Å². The van der Waals surface area contributed by atoms with Crippen molar-refractivity contribution in [3.63, 3.8) is 0 Å². The molecule has 0 saturated heterocycles. The first-order chi connectivity index (χ1) is 13.4. The van der Waals surface area contributed by atoms with Crippen LogP contribution in [-0.4, -0.2) is 15.8 Å². The van der Waals surface area contributed by atoms with Gasteiger partial charge in [-0.25, -0.2) is 4.98 Å². The summed E-state index contributed by atoms with van der Waals surface area (Å²) < 4.78 is 0. The number of hydrogen-bond donors (Lipinski definition) is 2. The Balaban J connectivity index is 1.77. The number of aromatic nitrogens is 2. The van der Waals surface area contributed by atoms with Crippen molar-refractivity contribution in [3.05, 3.63) is 70.9 Å². The molecule has 6 heteroatoms. The van der Waals surface area contributed by atoms with E-state index in [0.29, 0.717) is 28.8 Å². The number of carbonyl (C=O) groups is 1. The minimum absolute atomic E-state index is 0.0639. The summed E-state index contributed by atoms with van der Waals surface area (Å²) in [7, 11) is 0. The van der Waals surface area contributed by atoms with Crippen LogP contribution < -0.4 is 10.6 Å². The van der Waals surface area contributed by atoms with Crippen LogP contribution in [0.2, 0.25) is 5.02 Å². The highest BCUT2D eigenvalue weighted by Gasteiger charge is 2.35. The van der Waals surface area contributed by atoms with Gasteiger partial charge in [0.2, 0.25) is 5.95 Å². The smallest absolute Gasteiger partial charge is 0.229 e. The minimum Gasteiger partial charge on any atom is -0.339 e. The maximum Gasteiger partial charge on any atom is 0.229 e. The van der Waals surface area contributed by atoms with E-state index in [2.05, 4.69) is 34.4 Å². The predicted octanol–water partition coefficient (Wildman–Crippen LogP) is 5.77. The van der Waals surface area contributed by atoms with Gasteiger partial charge in [0.1, 0.15) is 5.82 Å². The van der Waals surface area contributed by atoms with E-state index in [4.69, 9.17) is 11.6 Å². The van der Waals surface area contributed by atoms with E-state index in [9.17, 15) is 4.79 Å². The Kier molecular flexibility index (Phi) is 4.77. The lowest BCUT2D eigenvalue weighted by Crippen LogP contribution is -2.29. The highest BCUT2D eigenvalue weighted by atomic mass is 35.5. The third kappa shape index (κ3) is 3.99. The van der Waals surface area contributed by atoms with Crippen LogP contribution in [0.5, 0.6) is 0 Å². The van der Waals surface area contributed by atoms with Crippen LogP contribution >= 0.6 is 11.6 Å². The second kappa shape index (κ2) is 7.24. The highest BCUT2D eigenvalue weighted by molar-refractivity contribution is 6.30. The van der Waals surface area contributed by atoms with E-state index >= 15 is 0 Å². The number of nitrogens with one attached hydrogen (secondary N) is 2. The summed E-state index contributed by atoms with van der Waals surface area (Å²) in [5, 5.41) is 7.16. The third-order valence-electron chi connectivity index (χ3n) is 4.68. The number of benzene rings is 2. The van der Waals surface area contributed by atoms with Crippen LogP contribution in [0, 0.1) is 5.41 Å². The molecule has 0 aliphatic heterocycles. The largest absolute Gasteiger partial charge is 0.339 e. The van der Waals surface area contributed by atoms with E-state index < -0.39 is 0 Å². The van der Waals surface area contributed by atoms with Crippen LogP contribution in [-0.2, 0) is 6.42 Å². The second-order valence-corrected chi connectivity index (χ2v) is 8.22. The van der Waals surface area contributed by atoms with Gasteiger partial charge in [0, 0.05) is 22.8 Å². The number of para-hydroxylation sites is 1. The zero-order valence-corrected chi connectivity index (χ0v) is 16.5. The maximum atomic E-state index is 12.9. The molecule has 0 fully saturated rings. The van der Waals surface area contributed by atoms with Gasteiger partial charge in [-0.1, -0.05) is 43.6 Å². The van der Waals surface area contributed by atoms with Crippen molar-refractivity contribution >= 4 is 40.5 Å². The normalized spacial score (nSPS) is 15.0. The molecule has 4 rings (SSSR count). The van der Waals surface area contributed by atoms with Crippen LogP contribution in [0.3, 0.4) is 0 Å². The zero-order chi connectivity index (χ0) is 19.7. The predicted molar refractivity (Wildman–Crippen MR) is 113 cm³/mol. The standard InChI is InChI=1S/C22H21ClN4O/c1-22(2)12-17-19(18(28)13-22)20(24-16-10-8-14(23)9-11-16)27-21(26-17)25-15-6-4-3-5-7-15/h3-11H,12-13H2,1-2H3,(H2,24,25,26,27). The number of anilines is 4. The van der Waals surface area contributed by atoms with Crippen LogP contribution in [0.4, 0.5) is 23.1 Å². The molecular weight excluding hydrogens is 372 g/mol. The van der Waals surface area contributed by atoms with Crippen molar-refractivity contribution in [1.82, 2.24) is 9.97 Å². The molecule has 0 spiro atoms. The molecule has 2 aromatic carbocycles. The summed E-state index contributed by atoms with van der Waals surface area (Å²) in [5.74, 6) is 1.05. The molecule has 1 aliphatic rings. The van der Waals surface area contributed by atoms with Gasteiger partial charge in [0.25, 0.3) is 0 Å². The molecule has 1 aromatic heterocycles. The van der Waals surface area contributed by atoms with Gasteiger partial charge in [0.15, 0.2) is 5.78 Å². The molecule has 0 atom stereocenters. The van der Waals surface area contributed by atoms with E-state index in [-0.39, 0.29) is 11.2 Å². The number of fused-ring (bicyclic) bond motifs is 1. The molecule has 1 aliphatic carbocycles. The Morgan fingerprint density at radius 2 is 1.57 bits per heavy atom. The number of ketones is 1. The Morgan fingerprint density at radius 3 is 2.29 bits per heavy atom. The Labute approximate surface area is 169 Å². The molecule has 0 unspecified atom stereocenters. The highest BCUT2D eigenvalue weighted by Crippen LogP contribution is 2.37. The van der Waals surface area contributed by atoms with Crippen molar-refractivity contribution in [2.45, 2.75) is 26.7 Å². The van der Waals surface area contributed by atoms with Crippen LogP contribution in [0.15, 0.2) is 54.6 Å². The second-order valence-electron chi connectivity index (χ2n) is 7.78. The Hall–Kier alpha value is -2.92. The first-order valence-electron chi connectivity index (χ1n) is 9.18. The zero-order valence-electron chi connectivity index (χ0n) is 15.8. The third-order valence-corrected chi connectivity index (χ3v) is 4.94. The van der Waals surface area contributed by atoms with Crippen molar-refractivity contribution in [2.75, 3.05) is 10.6 Å². The molecular formula is C22H21ClN4O. The summed E-state index contributed by atoms with van der Waals surface area (Å²) in [4.78, 5) is 22.2. The van der Waals surface area contributed by atoms with Gasteiger partial charge in [0.05, 0.1) is 11.3 Å². The van der Waals surface area contributed by atoms with E-state index in [1.807, 2.05) is 42.5 Å². The summed E-state index contributed by atoms with van der Waals surface area (Å²) in [5.41, 5.74) is 2.92. The average Bonchev–Trinajstić information content (AvgIpc) is 2.63. The molecule has 1 heterocycles. The first kappa shape index (κ1) is 18.4. The van der Waals surface area contributed by atoms with Gasteiger partial charge >= 0.3 is 0 Å². The summed E-state index contributed by atoms with van der Waals surface area (Å²) in [6.45, 7) is 4.18. The molecule has 142 valence electrons. The molecule has 0 radical (unpaired) electrons. The first-order valence-corrected chi connectivity index (χ1v) is 9.56. The monoisotopic (exact) mass is 392 g/mol. The van der Waals surface area contributed by atoms with E-state index in [1.165, 1.54) is 0 Å². The number of hydrogen-bond acceptors (Lipinski definition) is 5. The van der Waals surface area contributed by atoms with Crippen LogP contribution in [0.1, 0.15) is 36.3 Å². The minimum atomic E-state index is -0.125. The van der Waals surface area contributed by atoms with Crippen molar-refractivity contribution in [3.8, 4) is 0 Å².